The van der Waals surface area contributed by atoms with Crippen LogP contribution in [0.3, 0.4) is 0 Å². The van der Waals surface area contributed by atoms with E-state index in [1.165, 1.54) is 17.0 Å². The Balaban J connectivity index is 1.38. The highest BCUT2D eigenvalue weighted by molar-refractivity contribution is 6.21. The van der Waals surface area contributed by atoms with Gasteiger partial charge in [0, 0.05) is 26.7 Å². The van der Waals surface area contributed by atoms with Crippen LogP contribution in [0.15, 0.2) is 53.5 Å². The van der Waals surface area contributed by atoms with Gasteiger partial charge in [0.2, 0.25) is 0 Å². The normalized spacial score (nSPS) is 13.6. The van der Waals surface area contributed by atoms with Gasteiger partial charge in [-0.25, -0.2) is 4.39 Å². The highest BCUT2D eigenvalue weighted by atomic mass is 19.1. The molecule has 6 nitrogen and oxygen atoms in total. The first-order valence-electron chi connectivity index (χ1n) is 9.24. The van der Waals surface area contributed by atoms with Crippen molar-refractivity contribution in [3.8, 4) is 0 Å². The van der Waals surface area contributed by atoms with E-state index in [4.69, 9.17) is 0 Å². The zero-order chi connectivity index (χ0) is 19.9. The number of hydrogen-bond acceptors (Lipinski definition) is 3. The highest BCUT2D eigenvalue weighted by Gasteiger charge is 2.34. The van der Waals surface area contributed by atoms with Gasteiger partial charge >= 0.3 is 0 Å². The van der Waals surface area contributed by atoms with Crippen molar-refractivity contribution in [2.75, 3.05) is 20.1 Å². The van der Waals surface area contributed by atoms with Crippen LogP contribution < -0.4 is 10.6 Å². The van der Waals surface area contributed by atoms with Crippen molar-refractivity contribution in [1.82, 2.24) is 15.5 Å². The third-order valence-corrected chi connectivity index (χ3v) is 4.58. The molecule has 0 radical (unpaired) electrons. The van der Waals surface area contributed by atoms with E-state index in [0.29, 0.717) is 43.1 Å². The molecule has 1 heterocycles. The van der Waals surface area contributed by atoms with Crippen molar-refractivity contribution in [1.29, 1.82) is 0 Å². The number of guanidine groups is 1. The molecule has 3 rings (SSSR count). The summed E-state index contributed by atoms with van der Waals surface area (Å²) in [6.45, 7) is 1.59. The summed E-state index contributed by atoms with van der Waals surface area (Å²) in [5.41, 5.74) is 1.92. The van der Waals surface area contributed by atoms with Gasteiger partial charge in [-0.15, -0.1) is 0 Å². The fourth-order valence-electron chi connectivity index (χ4n) is 3.05. The minimum Gasteiger partial charge on any atom is -0.356 e. The second-order valence-electron chi connectivity index (χ2n) is 6.49. The van der Waals surface area contributed by atoms with Crippen LogP contribution in [0.5, 0.6) is 0 Å². The number of rotatable bonds is 7. The molecule has 0 bridgehead atoms. The molecular weight excluding hydrogens is 359 g/mol. The van der Waals surface area contributed by atoms with Gasteiger partial charge in [-0.2, -0.15) is 0 Å². The topological polar surface area (TPSA) is 73.8 Å². The van der Waals surface area contributed by atoms with Crippen LogP contribution in [0.1, 0.15) is 39.1 Å². The van der Waals surface area contributed by atoms with Crippen molar-refractivity contribution in [2.24, 2.45) is 4.99 Å². The number of benzene rings is 2. The van der Waals surface area contributed by atoms with Gasteiger partial charge in [-0.05, 0) is 42.7 Å². The van der Waals surface area contributed by atoms with E-state index in [0.717, 1.165) is 12.0 Å². The van der Waals surface area contributed by atoms with Gasteiger partial charge in [-0.1, -0.05) is 24.3 Å². The third kappa shape index (κ3) is 4.54. The van der Waals surface area contributed by atoms with E-state index >= 15 is 0 Å². The number of fused-ring (bicyclic) bond motifs is 1. The average molecular weight is 382 g/mol. The second-order valence-corrected chi connectivity index (χ2v) is 6.49. The summed E-state index contributed by atoms with van der Waals surface area (Å²) < 4.78 is 12.9. The smallest absolute Gasteiger partial charge is 0.261 e. The van der Waals surface area contributed by atoms with Crippen molar-refractivity contribution < 1.29 is 14.0 Å². The predicted molar refractivity (Wildman–Crippen MR) is 106 cm³/mol. The van der Waals surface area contributed by atoms with Crippen molar-refractivity contribution in [3.05, 3.63) is 71.0 Å². The lowest BCUT2D eigenvalue weighted by Crippen LogP contribution is -2.37. The molecule has 146 valence electrons. The molecule has 0 saturated heterocycles. The summed E-state index contributed by atoms with van der Waals surface area (Å²) in [6.07, 6.45) is 1.48. The van der Waals surface area contributed by atoms with Crippen LogP contribution >= 0.6 is 0 Å². The van der Waals surface area contributed by atoms with E-state index < -0.39 is 0 Å². The number of carbonyl (C=O) groups excluding carboxylic acids is 2. The maximum absolute atomic E-state index is 12.9. The second kappa shape index (κ2) is 9.12. The summed E-state index contributed by atoms with van der Waals surface area (Å²) >= 11 is 0. The van der Waals surface area contributed by atoms with E-state index in [2.05, 4.69) is 15.6 Å². The Morgan fingerprint density at radius 3 is 2.21 bits per heavy atom. The Bertz CT molecular complexity index is 845. The number of halogens is 1. The average Bonchev–Trinajstić information content (AvgIpc) is 2.96. The number of aliphatic imine (C=N–C) groups is 1. The summed E-state index contributed by atoms with van der Waals surface area (Å²) in [7, 11) is 1.68. The summed E-state index contributed by atoms with van der Waals surface area (Å²) in [5, 5.41) is 6.35. The fraction of sp³-hybridized carbons (Fsp3) is 0.286. The fourth-order valence-corrected chi connectivity index (χ4v) is 3.05. The van der Waals surface area contributed by atoms with Gasteiger partial charge in [0.1, 0.15) is 5.82 Å². The first-order chi connectivity index (χ1) is 13.6. The summed E-state index contributed by atoms with van der Waals surface area (Å²) in [5.74, 6) is -0.0509. The molecule has 2 amide bonds. The Morgan fingerprint density at radius 1 is 0.964 bits per heavy atom. The maximum atomic E-state index is 12.9. The standard InChI is InChI=1S/C21H23FN4O2/c1-23-21(25-14-15-8-10-16(22)11-9-15)24-12-4-5-13-26-19(27)17-6-2-3-7-18(17)20(26)28/h2-3,6-11H,4-5,12-14H2,1H3,(H2,23,24,25). The molecule has 2 aromatic carbocycles. The minimum atomic E-state index is -0.260. The molecule has 28 heavy (non-hydrogen) atoms. The Kier molecular flexibility index (Phi) is 6.37. The molecule has 0 spiro atoms. The monoisotopic (exact) mass is 382 g/mol. The molecule has 1 aliphatic rings. The molecule has 0 aliphatic carbocycles. The third-order valence-electron chi connectivity index (χ3n) is 4.58. The molecule has 0 atom stereocenters. The number of nitrogens with zero attached hydrogens (tertiary/aromatic N) is 2. The van der Waals surface area contributed by atoms with Crippen molar-refractivity contribution >= 4 is 17.8 Å². The maximum Gasteiger partial charge on any atom is 0.261 e. The van der Waals surface area contributed by atoms with E-state index in [9.17, 15) is 14.0 Å². The zero-order valence-electron chi connectivity index (χ0n) is 15.7. The lowest BCUT2D eigenvalue weighted by Gasteiger charge is -2.15. The Labute approximate surface area is 163 Å². The van der Waals surface area contributed by atoms with Crippen LogP contribution in [0.4, 0.5) is 4.39 Å². The van der Waals surface area contributed by atoms with Crippen molar-refractivity contribution in [3.63, 3.8) is 0 Å². The molecule has 1 aliphatic heterocycles. The van der Waals surface area contributed by atoms with Gasteiger partial charge in [0.15, 0.2) is 5.96 Å². The van der Waals surface area contributed by atoms with Gasteiger partial charge in [0.05, 0.1) is 11.1 Å². The van der Waals surface area contributed by atoms with Gasteiger partial charge < -0.3 is 10.6 Å². The SMILES string of the molecule is CN=C(NCCCCN1C(=O)c2ccccc2C1=O)NCc1ccc(F)cc1. The van der Waals surface area contributed by atoms with Gasteiger partial charge in [-0.3, -0.25) is 19.5 Å². The highest BCUT2D eigenvalue weighted by Crippen LogP contribution is 2.22. The largest absolute Gasteiger partial charge is 0.356 e. The zero-order valence-corrected chi connectivity index (χ0v) is 15.7. The molecule has 0 fully saturated rings. The van der Waals surface area contributed by atoms with E-state index in [1.807, 2.05) is 0 Å². The Morgan fingerprint density at radius 2 is 1.61 bits per heavy atom. The van der Waals surface area contributed by atoms with Crippen LogP contribution in [0, 0.1) is 5.82 Å². The molecule has 0 saturated carbocycles. The molecular formula is C21H23FN4O2. The van der Waals surface area contributed by atoms with Crippen LogP contribution in [0.2, 0.25) is 0 Å². The summed E-state index contributed by atoms with van der Waals surface area (Å²) in [4.78, 5) is 30.1. The van der Waals surface area contributed by atoms with Crippen LogP contribution in [-0.2, 0) is 6.54 Å². The number of carbonyl (C=O) groups is 2. The lowest BCUT2D eigenvalue weighted by molar-refractivity contribution is 0.0652. The molecule has 0 unspecified atom stereocenters. The van der Waals surface area contributed by atoms with Crippen molar-refractivity contribution in [2.45, 2.75) is 19.4 Å². The molecule has 0 aromatic heterocycles. The number of unbranched alkanes of at least 4 members (excludes halogenated alkanes) is 1. The first kappa shape index (κ1) is 19.5. The molecule has 2 aromatic rings. The van der Waals surface area contributed by atoms with E-state index in [1.54, 1.807) is 43.4 Å². The molecule has 7 heteroatoms. The Hall–Kier alpha value is -3.22. The predicted octanol–water partition coefficient (Wildman–Crippen LogP) is 2.57. The number of amides is 2. The lowest BCUT2D eigenvalue weighted by atomic mass is 10.1. The van der Waals surface area contributed by atoms with Crippen LogP contribution in [-0.4, -0.2) is 42.8 Å². The molecule has 2 N–H and O–H groups in total. The first-order valence-corrected chi connectivity index (χ1v) is 9.24. The number of imide groups is 1. The number of nitrogens with one attached hydrogen (secondary N) is 2. The minimum absolute atomic E-state index is 0.217. The quantitative estimate of drug-likeness (QED) is 0.334. The number of hydrogen-bond donors (Lipinski definition) is 2. The van der Waals surface area contributed by atoms with Gasteiger partial charge in [0.25, 0.3) is 11.8 Å². The van der Waals surface area contributed by atoms with E-state index in [-0.39, 0.29) is 17.6 Å². The summed E-state index contributed by atoms with van der Waals surface area (Å²) in [6, 6.07) is 13.2. The van der Waals surface area contributed by atoms with Crippen LogP contribution in [0.25, 0.3) is 0 Å².